The number of hydrogen-bond donors (Lipinski definition) is 2. The van der Waals surface area contributed by atoms with E-state index in [0.29, 0.717) is 0 Å². The first-order chi connectivity index (χ1) is 8.99. The van der Waals surface area contributed by atoms with Gasteiger partial charge in [0, 0.05) is 0 Å². The summed E-state index contributed by atoms with van der Waals surface area (Å²) in [6.07, 6.45) is 1.07. The summed E-state index contributed by atoms with van der Waals surface area (Å²) in [5.74, 6) is -0.977. The van der Waals surface area contributed by atoms with Gasteiger partial charge < -0.3 is 11.1 Å². The number of nitro groups is 1. The van der Waals surface area contributed by atoms with Crippen LogP contribution in [0.4, 0.5) is 27.4 Å². The maximum absolute atomic E-state index is 13.6. The fourth-order valence-electron chi connectivity index (χ4n) is 1.53. The average Bonchev–Trinajstić information content (AvgIpc) is 2.33. The Labute approximate surface area is 107 Å². The molecule has 0 bridgehead atoms. The van der Waals surface area contributed by atoms with Crippen molar-refractivity contribution in [2.45, 2.75) is 6.92 Å². The molecule has 0 saturated heterocycles. The van der Waals surface area contributed by atoms with Gasteiger partial charge in [-0.1, -0.05) is 6.07 Å². The summed E-state index contributed by atoms with van der Waals surface area (Å²) in [4.78, 5) is 17.4. The Hall–Kier alpha value is -2.77. The Morgan fingerprint density at radius 2 is 2.16 bits per heavy atom. The molecule has 0 unspecified atom stereocenters. The molecule has 8 heteroatoms. The number of nitrogens with zero attached hydrogens (tertiary/aromatic N) is 3. The van der Waals surface area contributed by atoms with Crippen molar-refractivity contribution >= 4 is 23.0 Å². The Kier molecular flexibility index (Phi) is 3.23. The van der Waals surface area contributed by atoms with Gasteiger partial charge in [-0.05, 0) is 24.6 Å². The number of nitrogens with one attached hydrogen (secondary N) is 1. The van der Waals surface area contributed by atoms with Crippen molar-refractivity contribution in [1.29, 1.82) is 0 Å². The van der Waals surface area contributed by atoms with Crippen LogP contribution in [0.5, 0.6) is 0 Å². The van der Waals surface area contributed by atoms with Gasteiger partial charge in [0.05, 0.1) is 10.6 Å². The molecule has 3 N–H and O–H groups in total. The molecule has 7 nitrogen and oxygen atoms in total. The molecule has 0 aliphatic heterocycles. The normalized spacial score (nSPS) is 10.2. The lowest BCUT2D eigenvalue weighted by atomic mass is 10.2. The SMILES string of the molecule is Cc1ccc(F)c(Nc2ncnc(N)c2[N+](=O)[O-])c1. The first kappa shape index (κ1) is 12.7. The Bertz CT molecular complexity index is 647. The summed E-state index contributed by atoms with van der Waals surface area (Å²) in [6, 6.07) is 4.36. The van der Waals surface area contributed by atoms with Crippen LogP contribution in [0.3, 0.4) is 0 Å². The van der Waals surface area contributed by atoms with Gasteiger partial charge in [0.25, 0.3) is 0 Å². The molecule has 19 heavy (non-hydrogen) atoms. The largest absolute Gasteiger partial charge is 0.378 e. The van der Waals surface area contributed by atoms with Crippen LogP contribution in [0.25, 0.3) is 0 Å². The zero-order chi connectivity index (χ0) is 14.0. The van der Waals surface area contributed by atoms with E-state index in [-0.39, 0.29) is 17.3 Å². The molecule has 0 amide bonds. The number of nitrogen functional groups attached to an aromatic ring is 1. The summed E-state index contributed by atoms with van der Waals surface area (Å²) in [5, 5.41) is 13.5. The zero-order valence-corrected chi connectivity index (χ0v) is 9.92. The fourth-order valence-corrected chi connectivity index (χ4v) is 1.53. The average molecular weight is 263 g/mol. The number of rotatable bonds is 3. The highest BCUT2D eigenvalue weighted by Crippen LogP contribution is 2.30. The van der Waals surface area contributed by atoms with Crippen molar-refractivity contribution in [2.75, 3.05) is 11.1 Å². The van der Waals surface area contributed by atoms with Crippen LogP contribution >= 0.6 is 0 Å². The number of anilines is 3. The van der Waals surface area contributed by atoms with Crippen molar-refractivity contribution in [3.05, 3.63) is 46.0 Å². The molecule has 0 saturated carbocycles. The van der Waals surface area contributed by atoms with Crippen molar-refractivity contribution in [1.82, 2.24) is 9.97 Å². The second-order valence-electron chi connectivity index (χ2n) is 3.82. The minimum absolute atomic E-state index is 0.0844. The predicted molar refractivity (Wildman–Crippen MR) is 67.5 cm³/mol. The van der Waals surface area contributed by atoms with E-state index in [2.05, 4.69) is 15.3 Å². The van der Waals surface area contributed by atoms with E-state index < -0.39 is 16.4 Å². The van der Waals surface area contributed by atoms with Crippen LogP contribution in [0.2, 0.25) is 0 Å². The summed E-state index contributed by atoms with van der Waals surface area (Å²) < 4.78 is 13.6. The third-order valence-electron chi connectivity index (χ3n) is 2.41. The van der Waals surface area contributed by atoms with E-state index in [0.717, 1.165) is 11.9 Å². The lowest BCUT2D eigenvalue weighted by Crippen LogP contribution is -2.05. The molecule has 0 spiro atoms. The van der Waals surface area contributed by atoms with Crippen LogP contribution in [0, 0.1) is 22.9 Å². The van der Waals surface area contributed by atoms with E-state index >= 15 is 0 Å². The van der Waals surface area contributed by atoms with Crippen LogP contribution in [-0.2, 0) is 0 Å². The van der Waals surface area contributed by atoms with E-state index in [1.165, 1.54) is 12.1 Å². The minimum Gasteiger partial charge on any atom is -0.378 e. The first-order valence-electron chi connectivity index (χ1n) is 5.27. The lowest BCUT2D eigenvalue weighted by Gasteiger charge is -2.08. The second kappa shape index (κ2) is 4.84. The zero-order valence-electron chi connectivity index (χ0n) is 9.92. The van der Waals surface area contributed by atoms with Gasteiger partial charge in [-0.15, -0.1) is 0 Å². The smallest absolute Gasteiger partial charge is 0.353 e. The van der Waals surface area contributed by atoms with Gasteiger partial charge in [-0.25, -0.2) is 14.4 Å². The minimum atomic E-state index is -0.717. The monoisotopic (exact) mass is 263 g/mol. The molecule has 2 rings (SSSR count). The summed E-state index contributed by atoms with van der Waals surface area (Å²) in [7, 11) is 0. The number of halogens is 1. The fraction of sp³-hybridized carbons (Fsp3) is 0.0909. The molecule has 98 valence electrons. The quantitative estimate of drug-likeness (QED) is 0.649. The van der Waals surface area contributed by atoms with E-state index in [9.17, 15) is 14.5 Å². The number of hydrogen-bond acceptors (Lipinski definition) is 6. The van der Waals surface area contributed by atoms with Gasteiger partial charge >= 0.3 is 5.69 Å². The topological polar surface area (TPSA) is 107 Å². The van der Waals surface area contributed by atoms with E-state index in [4.69, 9.17) is 5.73 Å². The Morgan fingerprint density at radius 3 is 2.84 bits per heavy atom. The van der Waals surface area contributed by atoms with Gasteiger partial charge in [0.15, 0.2) is 0 Å². The molecule has 1 aromatic heterocycles. The third-order valence-corrected chi connectivity index (χ3v) is 2.41. The molecule has 0 aliphatic rings. The standard InChI is InChI=1S/C11H10FN5O2/c1-6-2-3-7(12)8(4-6)16-11-9(17(18)19)10(13)14-5-15-11/h2-5H,1H3,(H3,13,14,15,16). The predicted octanol–water partition coefficient (Wildman–Crippen LogP) is 2.16. The maximum Gasteiger partial charge on any atom is 0.353 e. The van der Waals surface area contributed by atoms with Crippen LogP contribution < -0.4 is 11.1 Å². The van der Waals surface area contributed by atoms with Gasteiger partial charge in [0.1, 0.15) is 12.1 Å². The molecular weight excluding hydrogens is 253 g/mol. The summed E-state index contributed by atoms with van der Waals surface area (Å²) in [6.45, 7) is 1.77. The van der Waals surface area contributed by atoms with Crippen LogP contribution in [0.15, 0.2) is 24.5 Å². The maximum atomic E-state index is 13.6. The van der Waals surface area contributed by atoms with Gasteiger partial charge in [-0.3, -0.25) is 10.1 Å². The highest BCUT2D eigenvalue weighted by atomic mass is 19.1. The molecule has 0 aliphatic carbocycles. The highest BCUT2D eigenvalue weighted by molar-refractivity contribution is 5.72. The molecule has 1 heterocycles. The highest BCUT2D eigenvalue weighted by Gasteiger charge is 2.21. The van der Waals surface area contributed by atoms with Crippen LogP contribution in [-0.4, -0.2) is 14.9 Å². The lowest BCUT2D eigenvalue weighted by molar-refractivity contribution is -0.383. The summed E-state index contributed by atoms with van der Waals surface area (Å²) >= 11 is 0. The third kappa shape index (κ3) is 2.57. The van der Waals surface area contributed by atoms with Gasteiger partial charge in [0.2, 0.25) is 11.6 Å². The van der Waals surface area contributed by atoms with Crippen molar-refractivity contribution < 1.29 is 9.31 Å². The van der Waals surface area contributed by atoms with Crippen molar-refractivity contribution in [3.8, 4) is 0 Å². The second-order valence-corrected chi connectivity index (χ2v) is 3.82. The molecule has 0 atom stereocenters. The van der Waals surface area contributed by atoms with Crippen molar-refractivity contribution in [3.63, 3.8) is 0 Å². The van der Waals surface area contributed by atoms with Crippen molar-refractivity contribution in [2.24, 2.45) is 0 Å². The summed E-state index contributed by atoms with van der Waals surface area (Å²) in [5.41, 5.74) is 5.82. The first-order valence-corrected chi connectivity index (χ1v) is 5.27. The molecule has 0 radical (unpaired) electrons. The van der Waals surface area contributed by atoms with Gasteiger partial charge in [-0.2, -0.15) is 0 Å². The van der Waals surface area contributed by atoms with E-state index in [1.807, 2.05) is 0 Å². The Balaban J connectivity index is 2.46. The number of nitrogens with two attached hydrogens (primary N) is 1. The number of benzene rings is 1. The molecule has 0 fully saturated rings. The Morgan fingerprint density at radius 1 is 1.42 bits per heavy atom. The van der Waals surface area contributed by atoms with E-state index in [1.54, 1.807) is 13.0 Å². The molecular formula is C11H10FN5O2. The molecule has 1 aromatic carbocycles. The number of aromatic nitrogens is 2. The molecule has 2 aromatic rings. The van der Waals surface area contributed by atoms with Crippen LogP contribution in [0.1, 0.15) is 5.56 Å². The number of aryl methyl sites for hydroxylation is 1.